The number of aromatic nitrogens is 1. The van der Waals surface area contributed by atoms with Crippen molar-refractivity contribution in [3.8, 4) is 5.75 Å². The minimum absolute atomic E-state index is 0.0775. The molecule has 1 N–H and O–H groups in total. The lowest BCUT2D eigenvalue weighted by atomic mass is 9.80. The van der Waals surface area contributed by atoms with Crippen molar-refractivity contribution in [3.05, 3.63) is 67.0 Å². The summed E-state index contributed by atoms with van der Waals surface area (Å²) >= 11 is 0. The first-order valence-electron chi connectivity index (χ1n) is 9.06. The molecule has 1 atom stereocenters. The number of fused-ring (bicyclic) bond motifs is 1. The molecule has 2 aliphatic heterocycles. The van der Waals surface area contributed by atoms with E-state index >= 15 is 0 Å². The quantitative estimate of drug-likeness (QED) is 0.856. The van der Waals surface area contributed by atoms with Crippen molar-refractivity contribution in [2.24, 2.45) is 0 Å². The molecule has 0 radical (unpaired) electrons. The Hall–Kier alpha value is -2.33. The lowest BCUT2D eigenvalue weighted by molar-refractivity contribution is -0.0174. The van der Waals surface area contributed by atoms with E-state index in [1.807, 2.05) is 18.3 Å². The average molecular weight is 335 g/mol. The molecule has 1 unspecified atom stereocenters. The molecule has 4 heteroatoms. The van der Waals surface area contributed by atoms with Crippen LogP contribution in [0.1, 0.15) is 30.9 Å². The largest absolute Gasteiger partial charge is 0.487 e. The third-order valence-corrected chi connectivity index (χ3v) is 5.35. The van der Waals surface area contributed by atoms with Crippen LogP contribution in [-0.4, -0.2) is 35.1 Å². The van der Waals surface area contributed by atoms with Crippen LogP contribution in [0.5, 0.6) is 5.75 Å². The molecule has 1 aromatic carbocycles. The number of para-hydroxylation sites is 1. The van der Waals surface area contributed by atoms with Crippen molar-refractivity contribution in [2.75, 3.05) is 25.0 Å². The molecule has 1 spiro atoms. The molecule has 130 valence electrons. The predicted octanol–water partition coefficient (Wildman–Crippen LogP) is 4.04. The number of hydrogen-bond acceptors (Lipinski definition) is 4. The Kier molecular flexibility index (Phi) is 4.45. The van der Waals surface area contributed by atoms with Crippen LogP contribution in [0.15, 0.2) is 61.4 Å². The molecule has 0 saturated carbocycles. The molecule has 25 heavy (non-hydrogen) atoms. The van der Waals surface area contributed by atoms with Gasteiger partial charge in [-0.15, -0.1) is 6.58 Å². The zero-order chi connectivity index (χ0) is 17.1. The van der Waals surface area contributed by atoms with Gasteiger partial charge in [0.05, 0.1) is 11.7 Å². The monoisotopic (exact) mass is 335 g/mol. The zero-order valence-corrected chi connectivity index (χ0v) is 14.5. The average Bonchev–Trinajstić information content (AvgIpc) is 2.65. The molecule has 0 amide bonds. The topological polar surface area (TPSA) is 37.4 Å². The Balaban J connectivity index is 1.58. The third-order valence-electron chi connectivity index (χ3n) is 5.35. The van der Waals surface area contributed by atoms with Gasteiger partial charge in [-0.2, -0.15) is 0 Å². The summed E-state index contributed by atoms with van der Waals surface area (Å²) in [5.41, 5.74) is 2.22. The fourth-order valence-electron chi connectivity index (χ4n) is 4.03. The number of hydrogen-bond donors (Lipinski definition) is 1. The maximum Gasteiger partial charge on any atom is 0.125 e. The van der Waals surface area contributed by atoms with E-state index in [2.05, 4.69) is 52.1 Å². The van der Waals surface area contributed by atoms with Crippen LogP contribution >= 0.6 is 0 Å². The lowest BCUT2D eigenvalue weighted by Gasteiger charge is -2.47. The van der Waals surface area contributed by atoms with E-state index in [0.29, 0.717) is 0 Å². The first-order chi connectivity index (χ1) is 12.3. The highest BCUT2D eigenvalue weighted by Crippen LogP contribution is 2.45. The van der Waals surface area contributed by atoms with Crippen molar-refractivity contribution in [1.82, 2.24) is 9.88 Å². The summed E-state index contributed by atoms with van der Waals surface area (Å²) in [5, 5.41) is 3.67. The molecular formula is C21H25N3O. The van der Waals surface area contributed by atoms with E-state index in [1.54, 1.807) is 6.20 Å². The third kappa shape index (κ3) is 3.40. The summed E-state index contributed by atoms with van der Waals surface area (Å²) < 4.78 is 6.55. The Morgan fingerprint density at radius 2 is 2.08 bits per heavy atom. The second-order valence-corrected chi connectivity index (χ2v) is 7.05. The van der Waals surface area contributed by atoms with Crippen molar-refractivity contribution in [2.45, 2.75) is 30.9 Å². The summed E-state index contributed by atoms with van der Waals surface area (Å²) in [5.74, 6) is 1.02. The maximum atomic E-state index is 6.55. The van der Waals surface area contributed by atoms with Gasteiger partial charge in [-0.25, -0.2) is 0 Å². The van der Waals surface area contributed by atoms with Gasteiger partial charge in [0.2, 0.25) is 0 Å². The zero-order valence-electron chi connectivity index (χ0n) is 14.5. The summed E-state index contributed by atoms with van der Waals surface area (Å²) in [6, 6.07) is 12.7. The highest BCUT2D eigenvalue weighted by molar-refractivity contribution is 5.48. The van der Waals surface area contributed by atoms with Crippen LogP contribution < -0.4 is 10.1 Å². The number of rotatable bonds is 4. The van der Waals surface area contributed by atoms with Gasteiger partial charge in [-0.1, -0.05) is 24.3 Å². The first-order valence-corrected chi connectivity index (χ1v) is 9.06. The molecule has 1 saturated heterocycles. The van der Waals surface area contributed by atoms with Gasteiger partial charge < -0.3 is 10.1 Å². The second kappa shape index (κ2) is 6.89. The van der Waals surface area contributed by atoms with E-state index in [1.165, 1.54) is 5.56 Å². The Morgan fingerprint density at radius 3 is 2.84 bits per heavy atom. The highest BCUT2D eigenvalue weighted by Gasteiger charge is 2.43. The first kappa shape index (κ1) is 16.2. The van der Waals surface area contributed by atoms with Crippen LogP contribution in [0.4, 0.5) is 5.69 Å². The maximum absolute atomic E-state index is 6.55. The molecule has 4 nitrogen and oxygen atoms in total. The van der Waals surface area contributed by atoms with Gasteiger partial charge in [-0.3, -0.25) is 9.88 Å². The van der Waals surface area contributed by atoms with Crippen molar-refractivity contribution in [1.29, 1.82) is 0 Å². The predicted molar refractivity (Wildman–Crippen MR) is 101 cm³/mol. The number of likely N-dealkylation sites (tertiary alicyclic amines) is 1. The van der Waals surface area contributed by atoms with E-state index in [-0.39, 0.29) is 11.6 Å². The van der Waals surface area contributed by atoms with Crippen molar-refractivity contribution in [3.63, 3.8) is 0 Å². The number of pyridine rings is 1. The number of nitrogens with one attached hydrogen (secondary N) is 1. The molecule has 1 aromatic heterocycles. The molecule has 4 rings (SSSR count). The molecule has 3 heterocycles. The van der Waals surface area contributed by atoms with E-state index < -0.39 is 0 Å². The standard InChI is InChI=1S/C21H25N3O/c1-2-12-24-13-9-21(10-14-24)15-19(23-17-6-5-11-22-16-17)18-7-3-4-8-20(18)25-21/h2-8,11,16,19,23H,1,9-10,12-15H2. The number of benzene rings is 1. The van der Waals surface area contributed by atoms with Gasteiger partial charge in [0.1, 0.15) is 11.4 Å². The van der Waals surface area contributed by atoms with Crippen LogP contribution in [0.25, 0.3) is 0 Å². The molecule has 1 fully saturated rings. The highest BCUT2D eigenvalue weighted by atomic mass is 16.5. The van der Waals surface area contributed by atoms with Gasteiger partial charge in [-0.05, 0) is 31.0 Å². The van der Waals surface area contributed by atoms with Crippen molar-refractivity contribution >= 4 is 5.69 Å². The Bertz CT molecular complexity index is 723. The number of piperidine rings is 1. The van der Waals surface area contributed by atoms with E-state index in [0.717, 1.165) is 50.3 Å². The summed E-state index contributed by atoms with van der Waals surface area (Å²) in [7, 11) is 0. The number of anilines is 1. The normalized spacial score (nSPS) is 22.0. The number of nitrogens with zero attached hydrogens (tertiary/aromatic N) is 2. The summed E-state index contributed by atoms with van der Waals surface area (Å²) in [6.45, 7) is 6.95. The molecule has 2 aliphatic rings. The summed E-state index contributed by atoms with van der Waals surface area (Å²) in [4.78, 5) is 6.68. The van der Waals surface area contributed by atoms with Crippen LogP contribution in [0, 0.1) is 0 Å². The van der Waals surface area contributed by atoms with Crippen LogP contribution in [0.3, 0.4) is 0 Å². The SMILES string of the molecule is C=CCN1CCC2(CC1)CC(Nc1cccnc1)c1ccccc1O2. The van der Waals surface area contributed by atoms with Gasteiger partial charge in [0.25, 0.3) is 0 Å². The number of ether oxygens (including phenoxy) is 1. The molecule has 2 aromatic rings. The van der Waals surface area contributed by atoms with Gasteiger partial charge >= 0.3 is 0 Å². The summed E-state index contributed by atoms with van der Waals surface area (Å²) in [6.07, 6.45) is 8.78. The minimum Gasteiger partial charge on any atom is -0.487 e. The fraction of sp³-hybridized carbons (Fsp3) is 0.381. The van der Waals surface area contributed by atoms with Gasteiger partial charge in [0.15, 0.2) is 0 Å². The molecular weight excluding hydrogens is 310 g/mol. The van der Waals surface area contributed by atoms with Gasteiger partial charge in [0, 0.05) is 44.0 Å². The minimum atomic E-state index is -0.0775. The van der Waals surface area contributed by atoms with Crippen LogP contribution in [0.2, 0.25) is 0 Å². The molecule has 0 aliphatic carbocycles. The smallest absolute Gasteiger partial charge is 0.125 e. The fourth-order valence-corrected chi connectivity index (χ4v) is 4.03. The lowest BCUT2D eigenvalue weighted by Crippen LogP contribution is -2.51. The Morgan fingerprint density at radius 1 is 1.24 bits per heavy atom. The molecule has 0 bridgehead atoms. The van der Waals surface area contributed by atoms with Crippen LogP contribution in [-0.2, 0) is 0 Å². The van der Waals surface area contributed by atoms with E-state index in [9.17, 15) is 0 Å². The Labute approximate surface area is 149 Å². The van der Waals surface area contributed by atoms with E-state index in [4.69, 9.17) is 4.74 Å². The second-order valence-electron chi connectivity index (χ2n) is 7.05. The van der Waals surface area contributed by atoms with Crippen molar-refractivity contribution < 1.29 is 4.74 Å².